The molecule has 0 heterocycles. The third-order valence-corrected chi connectivity index (χ3v) is 4.69. The molecule has 1 aliphatic carbocycles. The van der Waals surface area contributed by atoms with Crippen LogP contribution >= 0.6 is 0 Å². The fraction of sp³-hybridized carbons (Fsp3) is 0.579. The maximum Gasteiger partial charge on any atom is 0.305 e. The molecule has 0 spiro atoms. The fourth-order valence-electron chi connectivity index (χ4n) is 3.41. The van der Waals surface area contributed by atoms with Crippen molar-refractivity contribution in [2.24, 2.45) is 0 Å². The number of amides is 1. The third-order valence-electron chi connectivity index (χ3n) is 4.69. The highest BCUT2D eigenvalue weighted by molar-refractivity contribution is 5.78. The first-order valence-corrected chi connectivity index (χ1v) is 8.57. The minimum Gasteiger partial charge on any atom is -0.481 e. The van der Waals surface area contributed by atoms with E-state index in [1.165, 1.54) is 11.1 Å². The lowest BCUT2D eigenvalue weighted by Gasteiger charge is -2.28. The lowest BCUT2D eigenvalue weighted by Crippen LogP contribution is -2.47. The number of aliphatic carboxylic acids is 1. The van der Waals surface area contributed by atoms with Crippen molar-refractivity contribution in [3.8, 4) is 0 Å². The summed E-state index contributed by atoms with van der Waals surface area (Å²) in [6.07, 6.45) is 6.89. The second kappa shape index (κ2) is 8.14. The number of benzene rings is 1. The lowest BCUT2D eigenvalue weighted by molar-refractivity contribution is -0.139. The van der Waals surface area contributed by atoms with Gasteiger partial charge in [0.15, 0.2) is 0 Å². The molecule has 4 heteroatoms. The zero-order valence-electron chi connectivity index (χ0n) is 13.9. The average molecular weight is 317 g/mol. The lowest BCUT2D eigenvalue weighted by atomic mass is 9.93. The van der Waals surface area contributed by atoms with Crippen LogP contribution < -0.4 is 5.32 Å². The largest absolute Gasteiger partial charge is 0.481 e. The number of nitrogens with one attached hydrogen (secondary N) is 1. The van der Waals surface area contributed by atoms with Crippen LogP contribution in [0.15, 0.2) is 24.3 Å². The molecule has 4 nitrogen and oxygen atoms in total. The van der Waals surface area contributed by atoms with Crippen LogP contribution in [0.5, 0.6) is 0 Å². The molecule has 0 atom stereocenters. The number of carbonyl (C=O) groups is 2. The number of carbonyl (C=O) groups excluding carboxylic acids is 1. The van der Waals surface area contributed by atoms with Crippen LogP contribution in [-0.4, -0.2) is 22.5 Å². The van der Waals surface area contributed by atoms with Crippen molar-refractivity contribution in [2.75, 3.05) is 0 Å². The van der Waals surface area contributed by atoms with E-state index in [0.29, 0.717) is 6.42 Å². The Morgan fingerprint density at radius 1 is 1.13 bits per heavy atom. The summed E-state index contributed by atoms with van der Waals surface area (Å²) >= 11 is 0. The van der Waals surface area contributed by atoms with Gasteiger partial charge in [0, 0.05) is 6.42 Å². The van der Waals surface area contributed by atoms with E-state index in [1.807, 2.05) is 0 Å². The summed E-state index contributed by atoms with van der Waals surface area (Å²) in [6.45, 7) is 2.07. The van der Waals surface area contributed by atoms with Gasteiger partial charge in [-0.3, -0.25) is 9.59 Å². The van der Waals surface area contributed by atoms with E-state index in [4.69, 9.17) is 5.11 Å². The van der Waals surface area contributed by atoms with Gasteiger partial charge < -0.3 is 10.4 Å². The molecule has 23 heavy (non-hydrogen) atoms. The Hall–Kier alpha value is -1.84. The normalized spacial score (nSPS) is 16.2. The van der Waals surface area contributed by atoms with Crippen molar-refractivity contribution in [1.29, 1.82) is 0 Å². The Labute approximate surface area is 138 Å². The number of carboxylic acid groups (broad SMARTS) is 1. The summed E-state index contributed by atoms with van der Waals surface area (Å²) in [4.78, 5) is 23.2. The molecule has 0 radical (unpaired) electrons. The van der Waals surface area contributed by atoms with Crippen molar-refractivity contribution >= 4 is 11.9 Å². The minimum absolute atomic E-state index is 0.00273. The molecule has 0 saturated heterocycles. The highest BCUT2D eigenvalue weighted by Crippen LogP contribution is 2.32. The molecule has 1 saturated carbocycles. The summed E-state index contributed by atoms with van der Waals surface area (Å²) < 4.78 is 0. The van der Waals surface area contributed by atoms with Gasteiger partial charge in [0.1, 0.15) is 0 Å². The summed E-state index contributed by atoms with van der Waals surface area (Å²) in [6, 6.07) is 8.49. The van der Waals surface area contributed by atoms with Crippen LogP contribution in [0.1, 0.15) is 62.5 Å². The first kappa shape index (κ1) is 17.5. The monoisotopic (exact) mass is 317 g/mol. The summed E-state index contributed by atoms with van der Waals surface area (Å²) in [5, 5.41) is 12.1. The second-order valence-corrected chi connectivity index (χ2v) is 6.80. The Balaban J connectivity index is 1.71. The average Bonchev–Trinajstić information content (AvgIpc) is 2.92. The standard InChI is InChI=1S/C19H27NO3/c1-15-8-10-16(11-9-15)6-2-3-7-17(21)20-19(14-18(22)23)12-4-5-13-19/h8-11H,2-7,12-14H2,1H3,(H,20,21)(H,22,23). The molecule has 1 aliphatic rings. The minimum atomic E-state index is -0.827. The van der Waals surface area contributed by atoms with Crippen LogP contribution in [0.25, 0.3) is 0 Å². The highest BCUT2D eigenvalue weighted by Gasteiger charge is 2.37. The zero-order valence-corrected chi connectivity index (χ0v) is 13.9. The molecule has 0 bridgehead atoms. The number of hydrogen-bond donors (Lipinski definition) is 2. The molecule has 0 unspecified atom stereocenters. The van der Waals surface area contributed by atoms with Crippen molar-refractivity contribution in [1.82, 2.24) is 5.32 Å². The van der Waals surface area contributed by atoms with Crippen LogP contribution in [0.3, 0.4) is 0 Å². The predicted octanol–water partition coefficient (Wildman–Crippen LogP) is 3.61. The van der Waals surface area contributed by atoms with Crippen molar-refractivity contribution < 1.29 is 14.7 Å². The Kier molecular flexibility index (Phi) is 6.20. The second-order valence-electron chi connectivity index (χ2n) is 6.80. The Morgan fingerprint density at radius 2 is 1.78 bits per heavy atom. The summed E-state index contributed by atoms with van der Waals surface area (Å²) in [7, 11) is 0. The topological polar surface area (TPSA) is 66.4 Å². The van der Waals surface area contributed by atoms with E-state index >= 15 is 0 Å². The molecule has 2 rings (SSSR count). The van der Waals surface area contributed by atoms with Gasteiger partial charge in [0.05, 0.1) is 12.0 Å². The molecular weight excluding hydrogens is 290 g/mol. The van der Waals surface area contributed by atoms with Crippen molar-refractivity contribution in [3.05, 3.63) is 35.4 Å². The molecule has 1 aromatic carbocycles. The first-order chi connectivity index (χ1) is 11.0. The van der Waals surface area contributed by atoms with E-state index < -0.39 is 11.5 Å². The fourth-order valence-corrected chi connectivity index (χ4v) is 3.41. The molecule has 2 N–H and O–H groups in total. The first-order valence-electron chi connectivity index (χ1n) is 8.57. The number of hydrogen-bond acceptors (Lipinski definition) is 2. The maximum atomic E-state index is 12.1. The van der Waals surface area contributed by atoms with Gasteiger partial charge in [-0.1, -0.05) is 42.7 Å². The Bertz CT molecular complexity index is 530. The van der Waals surface area contributed by atoms with Gasteiger partial charge in [0.25, 0.3) is 0 Å². The number of unbranched alkanes of at least 4 members (excludes halogenated alkanes) is 1. The maximum absolute atomic E-state index is 12.1. The van der Waals surface area contributed by atoms with E-state index in [-0.39, 0.29) is 12.3 Å². The van der Waals surface area contributed by atoms with Gasteiger partial charge in [-0.25, -0.2) is 0 Å². The summed E-state index contributed by atoms with van der Waals surface area (Å²) in [5.74, 6) is -0.830. The molecular formula is C19H27NO3. The number of rotatable bonds is 8. The molecule has 0 aromatic heterocycles. The van der Waals surface area contributed by atoms with Crippen LogP contribution in [0, 0.1) is 6.92 Å². The van der Waals surface area contributed by atoms with Crippen molar-refractivity contribution in [2.45, 2.75) is 70.3 Å². The number of carboxylic acids is 1. The number of aryl methyl sites for hydroxylation is 2. The van der Waals surface area contributed by atoms with Gasteiger partial charge in [0.2, 0.25) is 5.91 Å². The third kappa shape index (κ3) is 5.70. The van der Waals surface area contributed by atoms with Gasteiger partial charge >= 0.3 is 5.97 Å². The van der Waals surface area contributed by atoms with Gasteiger partial charge in [-0.15, -0.1) is 0 Å². The highest BCUT2D eigenvalue weighted by atomic mass is 16.4. The Morgan fingerprint density at radius 3 is 2.39 bits per heavy atom. The van der Waals surface area contributed by atoms with E-state index in [1.54, 1.807) is 0 Å². The smallest absolute Gasteiger partial charge is 0.305 e. The van der Waals surface area contributed by atoms with E-state index in [9.17, 15) is 9.59 Å². The molecule has 0 aliphatic heterocycles. The van der Waals surface area contributed by atoms with Crippen molar-refractivity contribution in [3.63, 3.8) is 0 Å². The predicted molar refractivity (Wildman–Crippen MR) is 90.3 cm³/mol. The molecule has 1 amide bonds. The molecule has 126 valence electrons. The van der Waals surface area contributed by atoms with Crippen LogP contribution in [0.4, 0.5) is 0 Å². The van der Waals surface area contributed by atoms with Crippen LogP contribution in [-0.2, 0) is 16.0 Å². The summed E-state index contributed by atoms with van der Waals surface area (Å²) in [5.41, 5.74) is 2.06. The van der Waals surface area contributed by atoms with Gasteiger partial charge in [-0.2, -0.15) is 0 Å². The quantitative estimate of drug-likeness (QED) is 0.720. The van der Waals surface area contributed by atoms with Gasteiger partial charge in [-0.05, 0) is 44.6 Å². The van der Waals surface area contributed by atoms with E-state index in [0.717, 1.165) is 44.9 Å². The molecule has 1 aromatic rings. The van der Waals surface area contributed by atoms with Crippen LogP contribution in [0.2, 0.25) is 0 Å². The van der Waals surface area contributed by atoms with E-state index in [2.05, 4.69) is 36.5 Å². The SMILES string of the molecule is Cc1ccc(CCCCC(=O)NC2(CC(=O)O)CCCC2)cc1. The zero-order chi connectivity index (χ0) is 16.7. The molecule has 1 fully saturated rings.